The summed E-state index contributed by atoms with van der Waals surface area (Å²) in [6.07, 6.45) is -0.295. The summed E-state index contributed by atoms with van der Waals surface area (Å²) in [5, 5.41) is 4.38. The standard InChI is InChI=1S/C16H20N2O4S2/c1-12(18-24(20,21)15-9-6-10-23-15)16(19)17-11-14(22-2)13-7-4-3-5-8-13/h3-10,12,14,18H,11H2,1-2H3,(H,17,19). The number of rotatable bonds is 8. The molecule has 0 aliphatic carbocycles. The molecule has 2 aromatic rings. The summed E-state index contributed by atoms with van der Waals surface area (Å²) in [5.74, 6) is -0.409. The fourth-order valence-electron chi connectivity index (χ4n) is 2.11. The molecule has 130 valence electrons. The Bertz CT molecular complexity index is 746. The van der Waals surface area contributed by atoms with Gasteiger partial charge in [-0.15, -0.1) is 11.3 Å². The third-order valence-corrected chi connectivity index (χ3v) is 6.34. The van der Waals surface area contributed by atoms with Gasteiger partial charge in [0.25, 0.3) is 10.0 Å². The second-order valence-electron chi connectivity index (χ2n) is 5.16. The number of benzene rings is 1. The number of carbonyl (C=O) groups excluding carboxylic acids is 1. The van der Waals surface area contributed by atoms with E-state index in [1.54, 1.807) is 18.6 Å². The molecule has 0 saturated carbocycles. The van der Waals surface area contributed by atoms with Crippen LogP contribution in [0.15, 0.2) is 52.1 Å². The Morgan fingerprint density at radius 3 is 2.50 bits per heavy atom. The monoisotopic (exact) mass is 368 g/mol. The average molecular weight is 368 g/mol. The van der Waals surface area contributed by atoms with Gasteiger partial charge in [0, 0.05) is 13.7 Å². The molecule has 1 aromatic heterocycles. The van der Waals surface area contributed by atoms with Gasteiger partial charge in [-0.05, 0) is 23.9 Å². The van der Waals surface area contributed by atoms with Gasteiger partial charge >= 0.3 is 0 Å². The van der Waals surface area contributed by atoms with E-state index >= 15 is 0 Å². The summed E-state index contributed by atoms with van der Waals surface area (Å²) in [5.41, 5.74) is 0.937. The summed E-state index contributed by atoms with van der Waals surface area (Å²) in [7, 11) is -2.12. The smallest absolute Gasteiger partial charge is 0.250 e. The number of methoxy groups -OCH3 is 1. The number of carbonyl (C=O) groups is 1. The fraction of sp³-hybridized carbons (Fsp3) is 0.312. The maximum atomic E-state index is 12.2. The number of hydrogen-bond donors (Lipinski definition) is 2. The maximum absolute atomic E-state index is 12.2. The highest BCUT2D eigenvalue weighted by molar-refractivity contribution is 7.91. The second-order valence-corrected chi connectivity index (χ2v) is 8.04. The van der Waals surface area contributed by atoms with Gasteiger partial charge in [-0.2, -0.15) is 4.72 Å². The number of ether oxygens (including phenoxy) is 1. The summed E-state index contributed by atoms with van der Waals surface area (Å²) in [4.78, 5) is 12.2. The van der Waals surface area contributed by atoms with Gasteiger partial charge in [-0.1, -0.05) is 36.4 Å². The highest BCUT2D eigenvalue weighted by Gasteiger charge is 2.23. The van der Waals surface area contributed by atoms with Gasteiger partial charge < -0.3 is 10.1 Å². The molecule has 1 heterocycles. The lowest BCUT2D eigenvalue weighted by Crippen LogP contribution is -2.45. The Morgan fingerprint density at radius 1 is 1.21 bits per heavy atom. The van der Waals surface area contributed by atoms with Gasteiger partial charge in [0.15, 0.2) is 0 Å². The minimum Gasteiger partial charge on any atom is -0.375 e. The third-order valence-electron chi connectivity index (χ3n) is 3.40. The predicted octanol–water partition coefficient (Wildman–Crippen LogP) is 1.92. The quantitative estimate of drug-likeness (QED) is 0.746. The number of thiophene rings is 1. The molecule has 8 heteroatoms. The van der Waals surface area contributed by atoms with E-state index < -0.39 is 22.0 Å². The first-order valence-corrected chi connectivity index (χ1v) is 9.71. The van der Waals surface area contributed by atoms with Crippen molar-refractivity contribution in [3.8, 4) is 0 Å². The molecule has 1 aromatic carbocycles. The molecule has 1 amide bonds. The Hall–Kier alpha value is -1.74. The Kier molecular flexibility index (Phi) is 6.50. The van der Waals surface area contributed by atoms with Crippen LogP contribution in [0, 0.1) is 0 Å². The zero-order valence-corrected chi connectivity index (χ0v) is 15.1. The van der Waals surface area contributed by atoms with Gasteiger partial charge in [0.2, 0.25) is 5.91 Å². The summed E-state index contributed by atoms with van der Waals surface area (Å²) in [6, 6.07) is 11.7. The van der Waals surface area contributed by atoms with Crippen molar-refractivity contribution in [2.24, 2.45) is 0 Å². The van der Waals surface area contributed by atoms with Crippen molar-refractivity contribution in [1.82, 2.24) is 10.0 Å². The van der Waals surface area contributed by atoms with Crippen LogP contribution in [0.1, 0.15) is 18.6 Å². The van der Waals surface area contributed by atoms with Gasteiger partial charge in [0.05, 0.1) is 12.1 Å². The van der Waals surface area contributed by atoms with Crippen LogP contribution in [0.3, 0.4) is 0 Å². The van der Waals surface area contributed by atoms with E-state index in [9.17, 15) is 13.2 Å². The first-order chi connectivity index (χ1) is 11.4. The van der Waals surface area contributed by atoms with E-state index in [1.165, 1.54) is 13.0 Å². The van der Waals surface area contributed by atoms with Crippen LogP contribution in [0.25, 0.3) is 0 Å². The molecular weight excluding hydrogens is 348 g/mol. The van der Waals surface area contributed by atoms with Crippen molar-refractivity contribution < 1.29 is 17.9 Å². The largest absolute Gasteiger partial charge is 0.375 e. The van der Waals surface area contributed by atoms with Crippen LogP contribution in [-0.4, -0.2) is 34.0 Å². The summed E-state index contributed by atoms with van der Waals surface area (Å²) < 4.78 is 32.2. The van der Waals surface area contributed by atoms with Gasteiger partial charge in [0.1, 0.15) is 4.21 Å². The van der Waals surface area contributed by atoms with E-state index in [0.717, 1.165) is 16.9 Å². The van der Waals surface area contributed by atoms with Gasteiger partial charge in [-0.3, -0.25) is 4.79 Å². The molecule has 0 aliphatic heterocycles. The van der Waals surface area contributed by atoms with E-state index in [2.05, 4.69) is 10.0 Å². The van der Waals surface area contributed by atoms with Crippen molar-refractivity contribution in [3.63, 3.8) is 0 Å². The number of amides is 1. The topological polar surface area (TPSA) is 84.5 Å². The lowest BCUT2D eigenvalue weighted by Gasteiger charge is -2.19. The predicted molar refractivity (Wildman–Crippen MR) is 93.3 cm³/mol. The number of hydrogen-bond acceptors (Lipinski definition) is 5. The Morgan fingerprint density at radius 2 is 1.92 bits per heavy atom. The molecule has 0 saturated heterocycles. The van der Waals surface area contributed by atoms with Crippen molar-refractivity contribution in [2.45, 2.75) is 23.3 Å². The normalized spacial score (nSPS) is 14.1. The zero-order chi connectivity index (χ0) is 17.6. The SMILES string of the molecule is COC(CNC(=O)C(C)NS(=O)(=O)c1cccs1)c1ccccc1. The van der Waals surface area contributed by atoms with Crippen molar-refractivity contribution in [3.05, 3.63) is 53.4 Å². The van der Waals surface area contributed by atoms with Crippen LogP contribution < -0.4 is 10.0 Å². The summed E-state index contributed by atoms with van der Waals surface area (Å²) in [6.45, 7) is 1.76. The Balaban J connectivity index is 1.92. The van der Waals surface area contributed by atoms with E-state index in [-0.39, 0.29) is 16.9 Å². The molecule has 2 atom stereocenters. The molecule has 0 bridgehead atoms. The molecule has 0 aliphatic rings. The minimum absolute atomic E-state index is 0.182. The first-order valence-electron chi connectivity index (χ1n) is 7.35. The number of sulfonamides is 1. The van der Waals surface area contributed by atoms with Crippen LogP contribution in [-0.2, 0) is 19.6 Å². The first kappa shape index (κ1) is 18.6. The molecule has 24 heavy (non-hydrogen) atoms. The Labute approximate surface area is 145 Å². The van der Waals surface area contributed by atoms with E-state index in [4.69, 9.17) is 4.74 Å². The fourth-order valence-corrected chi connectivity index (χ4v) is 4.32. The highest BCUT2D eigenvalue weighted by atomic mass is 32.2. The minimum atomic E-state index is -3.68. The molecule has 0 radical (unpaired) electrons. The average Bonchev–Trinajstić information content (AvgIpc) is 3.11. The molecule has 6 nitrogen and oxygen atoms in total. The van der Waals surface area contributed by atoms with Crippen LogP contribution in [0.4, 0.5) is 0 Å². The van der Waals surface area contributed by atoms with Crippen LogP contribution >= 0.6 is 11.3 Å². The lowest BCUT2D eigenvalue weighted by molar-refractivity contribution is -0.122. The van der Waals surface area contributed by atoms with Crippen LogP contribution in [0.5, 0.6) is 0 Å². The van der Waals surface area contributed by atoms with Crippen LogP contribution in [0.2, 0.25) is 0 Å². The second kappa shape index (κ2) is 8.39. The summed E-state index contributed by atoms with van der Waals surface area (Å²) >= 11 is 1.10. The van der Waals surface area contributed by atoms with E-state index in [0.29, 0.717) is 0 Å². The molecule has 2 N–H and O–H groups in total. The number of nitrogens with one attached hydrogen (secondary N) is 2. The van der Waals surface area contributed by atoms with Crippen molar-refractivity contribution >= 4 is 27.3 Å². The molecule has 2 rings (SSSR count). The van der Waals surface area contributed by atoms with Crippen molar-refractivity contribution in [2.75, 3.05) is 13.7 Å². The maximum Gasteiger partial charge on any atom is 0.250 e. The third kappa shape index (κ3) is 4.88. The molecule has 0 fully saturated rings. The zero-order valence-electron chi connectivity index (χ0n) is 13.4. The molecule has 0 spiro atoms. The van der Waals surface area contributed by atoms with Gasteiger partial charge in [-0.25, -0.2) is 8.42 Å². The highest BCUT2D eigenvalue weighted by Crippen LogP contribution is 2.16. The van der Waals surface area contributed by atoms with E-state index in [1.807, 2.05) is 30.3 Å². The molecule has 2 unspecified atom stereocenters. The molecular formula is C16H20N2O4S2. The lowest BCUT2D eigenvalue weighted by atomic mass is 10.1. The van der Waals surface area contributed by atoms with Crippen molar-refractivity contribution in [1.29, 1.82) is 0 Å².